The largest absolute Gasteiger partial charge is 0.309 e. The number of hydrogen-bond acceptors (Lipinski definition) is 2. The van der Waals surface area contributed by atoms with Crippen LogP contribution in [0.2, 0.25) is 0 Å². The molecule has 3 heteroatoms. The lowest BCUT2D eigenvalue weighted by Crippen LogP contribution is -2.34. The molecule has 3 rings (SSSR count). The number of aryl methyl sites for hydroxylation is 1. The first-order valence-corrected chi connectivity index (χ1v) is 8.86. The minimum atomic E-state index is 0.574. The molecule has 2 nitrogen and oxygen atoms in total. The monoisotopic (exact) mass is 336 g/mol. The first-order chi connectivity index (χ1) is 9.83. The lowest BCUT2D eigenvalue weighted by molar-refractivity contribution is 0.279. The Hall–Kier alpha value is -0.380. The normalized spacial score (nSPS) is 23.6. The summed E-state index contributed by atoms with van der Waals surface area (Å²) in [6.45, 7) is 4.94. The molecule has 0 bridgehead atoms. The topological polar surface area (TPSA) is 15.3 Å². The molecule has 2 aliphatic rings. The molecule has 1 aliphatic heterocycles. The Morgan fingerprint density at radius 3 is 2.75 bits per heavy atom. The van der Waals surface area contributed by atoms with Crippen LogP contribution in [0.25, 0.3) is 0 Å². The molecule has 1 saturated heterocycles. The fraction of sp³-hybridized carbons (Fsp3) is 0.647. The molecular weight excluding hydrogens is 312 g/mol. The number of likely N-dealkylation sites (tertiary alicyclic amines) is 1. The molecule has 0 spiro atoms. The highest BCUT2D eigenvalue weighted by atomic mass is 79.9. The quantitative estimate of drug-likeness (QED) is 0.896. The lowest BCUT2D eigenvalue weighted by atomic mass is 10.1. The number of fused-ring (bicyclic) bond motifs is 1. The molecule has 1 aromatic rings. The summed E-state index contributed by atoms with van der Waals surface area (Å²) in [4.78, 5) is 2.64. The number of benzene rings is 1. The molecule has 110 valence electrons. The Bertz CT molecular complexity index is 439. The van der Waals surface area contributed by atoms with E-state index in [1.54, 1.807) is 0 Å². The van der Waals surface area contributed by atoms with E-state index in [0.29, 0.717) is 6.04 Å². The van der Waals surface area contributed by atoms with Gasteiger partial charge in [-0.25, -0.2) is 0 Å². The maximum atomic E-state index is 3.77. The number of nitrogens with zero attached hydrogens (tertiary/aromatic N) is 1. The average Bonchev–Trinajstić information content (AvgIpc) is 2.67. The summed E-state index contributed by atoms with van der Waals surface area (Å²) in [5.74, 6) is 0. The van der Waals surface area contributed by atoms with Crippen molar-refractivity contribution in [2.45, 2.75) is 44.6 Å². The molecule has 1 aliphatic carbocycles. The first kappa shape index (κ1) is 14.6. The molecular formula is C17H25BrN2. The standard InChI is InChI=1S/C17H25BrN2/c18-15-6-7-16-14(13-15)5-8-17(16)19-9-12-20-10-3-1-2-4-11-20/h6-7,13,17,19H,1-5,8-12H2. The third-order valence-corrected chi connectivity index (χ3v) is 5.19. The van der Waals surface area contributed by atoms with Gasteiger partial charge < -0.3 is 10.2 Å². The van der Waals surface area contributed by atoms with Crippen LogP contribution >= 0.6 is 15.9 Å². The lowest BCUT2D eigenvalue weighted by Gasteiger charge is -2.21. The molecule has 1 fully saturated rings. The second-order valence-electron chi connectivity index (χ2n) is 6.14. The van der Waals surface area contributed by atoms with Crippen molar-refractivity contribution in [3.63, 3.8) is 0 Å². The highest BCUT2D eigenvalue weighted by molar-refractivity contribution is 9.10. The molecule has 1 N–H and O–H groups in total. The summed E-state index contributed by atoms with van der Waals surface area (Å²) >= 11 is 3.57. The van der Waals surface area contributed by atoms with E-state index >= 15 is 0 Å². The van der Waals surface area contributed by atoms with Gasteiger partial charge in [0.25, 0.3) is 0 Å². The first-order valence-electron chi connectivity index (χ1n) is 8.07. The van der Waals surface area contributed by atoms with E-state index in [2.05, 4.69) is 44.3 Å². The van der Waals surface area contributed by atoms with Gasteiger partial charge in [0.1, 0.15) is 0 Å². The van der Waals surface area contributed by atoms with Gasteiger partial charge in [0.15, 0.2) is 0 Å². The van der Waals surface area contributed by atoms with Gasteiger partial charge in [-0.2, -0.15) is 0 Å². The highest BCUT2D eigenvalue weighted by Gasteiger charge is 2.21. The van der Waals surface area contributed by atoms with Gasteiger partial charge in [0, 0.05) is 23.6 Å². The minimum absolute atomic E-state index is 0.574. The summed E-state index contributed by atoms with van der Waals surface area (Å²) in [6, 6.07) is 7.32. The van der Waals surface area contributed by atoms with Crippen LogP contribution < -0.4 is 5.32 Å². The third-order valence-electron chi connectivity index (χ3n) is 4.70. The Balaban J connectivity index is 1.48. The molecule has 1 unspecified atom stereocenters. The molecule has 1 heterocycles. The number of nitrogens with one attached hydrogen (secondary N) is 1. The SMILES string of the molecule is Brc1ccc2c(c1)CCC2NCCN1CCCCCC1. The average molecular weight is 337 g/mol. The number of hydrogen-bond donors (Lipinski definition) is 1. The van der Waals surface area contributed by atoms with Gasteiger partial charge in [-0.1, -0.05) is 34.8 Å². The van der Waals surface area contributed by atoms with E-state index in [-0.39, 0.29) is 0 Å². The van der Waals surface area contributed by atoms with E-state index in [1.807, 2.05) is 0 Å². The molecule has 0 radical (unpaired) electrons. The molecule has 1 atom stereocenters. The van der Waals surface area contributed by atoms with Crippen LogP contribution in [0.5, 0.6) is 0 Å². The summed E-state index contributed by atoms with van der Waals surface area (Å²) in [7, 11) is 0. The molecule has 1 aromatic carbocycles. The molecule has 0 aromatic heterocycles. The van der Waals surface area contributed by atoms with Crippen LogP contribution in [0.3, 0.4) is 0 Å². The van der Waals surface area contributed by atoms with Crippen molar-refractivity contribution in [2.24, 2.45) is 0 Å². The highest BCUT2D eigenvalue weighted by Crippen LogP contribution is 2.32. The Morgan fingerprint density at radius 2 is 1.95 bits per heavy atom. The summed E-state index contributed by atoms with van der Waals surface area (Å²) in [5, 5.41) is 3.77. The Morgan fingerprint density at radius 1 is 1.15 bits per heavy atom. The van der Waals surface area contributed by atoms with Crippen LogP contribution in [0, 0.1) is 0 Å². The predicted molar refractivity (Wildman–Crippen MR) is 88.1 cm³/mol. The van der Waals surface area contributed by atoms with Gasteiger partial charge in [-0.3, -0.25) is 0 Å². The predicted octanol–water partition coefficient (Wildman–Crippen LogP) is 3.90. The smallest absolute Gasteiger partial charge is 0.0326 e. The van der Waals surface area contributed by atoms with Crippen molar-refractivity contribution in [1.82, 2.24) is 10.2 Å². The Kier molecular flexibility index (Phi) is 5.14. The second-order valence-corrected chi connectivity index (χ2v) is 7.06. The van der Waals surface area contributed by atoms with E-state index in [1.165, 1.54) is 73.8 Å². The van der Waals surface area contributed by atoms with E-state index in [4.69, 9.17) is 0 Å². The number of rotatable bonds is 4. The van der Waals surface area contributed by atoms with Crippen molar-refractivity contribution in [3.8, 4) is 0 Å². The van der Waals surface area contributed by atoms with E-state index < -0.39 is 0 Å². The van der Waals surface area contributed by atoms with Gasteiger partial charge in [0.2, 0.25) is 0 Å². The second kappa shape index (κ2) is 7.06. The summed E-state index contributed by atoms with van der Waals surface area (Å²) in [6.07, 6.45) is 8.10. The van der Waals surface area contributed by atoms with E-state index in [0.717, 1.165) is 6.54 Å². The maximum Gasteiger partial charge on any atom is 0.0326 e. The van der Waals surface area contributed by atoms with Crippen LogP contribution in [-0.4, -0.2) is 31.1 Å². The summed E-state index contributed by atoms with van der Waals surface area (Å²) < 4.78 is 1.21. The van der Waals surface area contributed by atoms with Crippen LogP contribution in [0.1, 0.15) is 49.3 Å². The molecule has 0 saturated carbocycles. The summed E-state index contributed by atoms with van der Waals surface area (Å²) in [5.41, 5.74) is 3.04. The fourth-order valence-corrected chi connectivity index (χ4v) is 3.96. The maximum absolute atomic E-state index is 3.77. The van der Waals surface area contributed by atoms with Gasteiger partial charge in [-0.05, 0) is 62.0 Å². The Labute approximate surface area is 131 Å². The number of halogens is 1. The van der Waals surface area contributed by atoms with Crippen molar-refractivity contribution < 1.29 is 0 Å². The van der Waals surface area contributed by atoms with Crippen molar-refractivity contribution in [2.75, 3.05) is 26.2 Å². The van der Waals surface area contributed by atoms with Crippen LogP contribution in [-0.2, 0) is 6.42 Å². The molecule has 20 heavy (non-hydrogen) atoms. The van der Waals surface area contributed by atoms with Crippen molar-refractivity contribution >= 4 is 15.9 Å². The zero-order valence-electron chi connectivity index (χ0n) is 12.2. The fourth-order valence-electron chi connectivity index (χ4n) is 3.55. The third kappa shape index (κ3) is 3.63. The van der Waals surface area contributed by atoms with Crippen molar-refractivity contribution in [3.05, 3.63) is 33.8 Å². The zero-order valence-corrected chi connectivity index (χ0v) is 13.8. The van der Waals surface area contributed by atoms with Gasteiger partial charge in [0.05, 0.1) is 0 Å². The van der Waals surface area contributed by atoms with E-state index in [9.17, 15) is 0 Å². The van der Waals surface area contributed by atoms with Gasteiger partial charge in [-0.15, -0.1) is 0 Å². The minimum Gasteiger partial charge on any atom is -0.309 e. The van der Waals surface area contributed by atoms with Crippen molar-refractivity contribution in [1.29, 1.82) is 0 Å². The van der Waals surface area contributed by atoms with Gasteiger partial charge >= 0.3 is 0 Å². The zero-order chi connectivity index (χ0) is 13.8. The molecule has 0 amide bonds. The van der Waals surface area contributed by atoms with Crippen LogP contribution in [0.4, 0.5) is 0 Å². The van der Waals surface area contributed by atoms with Crippen LogP contribution in [0.15, 0.2) is 22.7 Å².